The Hall–Kier alpha value is -2.88. The molecule has 4 heteroatoms. The van der Waals surface area contributed by atoms with E-state index >= 15 is 0 Å². The van der Waals surface area contributed by atoms with E-state index in [9.17, 15) is 4.79 Å². The van der Waals surface area contributed by atoms with Gasteiger partial charge in [0.15, 0.2) is 0 Å². The molecule has 0 unspecified atom stereocenters. The van der Waals surface area contributed by atoms with Crippen molar-refractivity contribution in [1.82, 2.24) is 14.7 Å². The first-order valence-corrected chi connectivity index (χ1v) is 8.24. The van der Waals surface area contributed by atoms with Crippen LogP contribution in [0.15, 0.2) is 66.7 Å². The number of rotatable bonds is 5. The lowest BCUT2D eigenvalue weighted by Gasteiger charge is -2.19. The number of para-hydroxylation sites is 1. The molecule has 0 radical (unpaired) electrons. The van der Waals surface area contributed by atoms with Crippen LogP contribution in [-0.4, -0.2) is 33.7 Å². The van der Waals surface area contributed by atoms with Crippen molar-refractivity contribution in [1.29, 1.82) is 0 Å². The number of carbonyl (C=O) groups is 1. The minimum absolute atomic E-state index is 0.00136. The topological polar surface area (TPSA) is 38.1 Å². The van der Waals surface area contributed by atoms with Gasteiger partial charge in [0.2, 0.25) is 0 Å². The van der Waals surface area contributed by atoms with Crippen LogP contribution in [0.5, 0.6) is 0 Å². The molecule has 3 rings (SSSR count). The fourth-order valence-electron chi connectivity index (χ4n) is 2.72. The minimum Gasteiger partial charge on any atom is -0.338 e. The van der Waals surface area contributed by atoms with Crippen molar-refractivity contribution in [2.45, 2.75) is 13.8 Å². The van der Waals surface area contributed by atoms with Gasteiger partial charge in [0.05, 0.1) is 11.4 Å². The lowest BCUT2D eigenvalue weighted by atomic mass is 10.1. The molecule has 0 fully saturated rings. The minimum atomic E-state index is -0.00136. The van der Waals surface area contributed by atoms with Gasteiger partial charge in [-0.25, -0.2) is 4.68 Å². The molecule has 0 spiro atoms. The maximum Gasteiger partial charge on any atom is 0.272 e. The van der Waals surface area contributed by atoms with E-state index in [-0.39, 0.29) is 5.91 Å². The van der Waals surface area contributed by atoms with Crippen molar-refractivity contribution in [2.24, 2.45) is 0 Å². The lowest BCUT2D eigenvalue weighted by molar-refractivity contribution is 0.0764. The zero-order chi connectivity index (χ0) is 16.9. The van der Waals surface area contributed by atoms with Gasteiger partial charge in [-0.05, 0) is 32.0 Å². The average molecular weight is 319 g/mol. The summed E-state index contributed by atoms with van der Waals surface area (Å²) in [5.41, 5.74) is 3.27. The molecule has 24 heavy (non-hydrogen) atoms. The average Bonchev–Trinajstić information content (AvgIpc) is 3.09. The third-order valence-electron chi connectivity index (χ3n) is 4.05. The molecule has 2 aromatic carbocycles. The number of aromatic nitrogens is 2. The summed E-state index contributed by atoms with van der Waals surface area (Å²) in [5.74, 6) is -0.00136. The third-order valence-corrected chi connectivity index (χ3v) is 4.05. The van der Waals surface area contributed by atoms with Crippen molar-refractivity contribution >= 4 is 5.91 Å². The maximum atomic E-state index is 12.9. The van der Waals surface area contributed by atoms with Gasteiger partial charge in [-0.3, -0.25) is 4.79 Å². The summed E-state index contributed by atoms with van der Waals surface area (Å²) in [5, 5.41) is 4.69. The van der Waals surface area contributed by atoms with E-state index in [1.807, 2.05) is 85.5 Å². The number of carbonyl (C=O) groups excluding carboxylic acids is 1. The van der Waals surface area contributed by atoms with Gasteiger partial charge in [-0.15, -0.1) is 0 Å². The van der Waals surface area contributed by atoms with Crippen LogP contribution in [-0.2, 0) is 0 Å². The first-order valence-electron chi connectivity index (χ1n) is 8.24. The summed E-state index contributed by atoms with van der Waals surface area (Å²) in [6, 6.07) is 21.6. The number of benzene rings is 2. The quantitative estimate of drug-likeness (QED) is 0.712. The van der Waals surface area contributed by atoms with Crippen LogP contribution in [0.3, 0.4) is 0 Å². The fourth-order valence-corrected chi connectivity index (χ4v) is 2.72. The van der Waals surface area contributed by atoms with E-state index in [4.69, 9.17) is 5.10 Å². The van der Waals surface area contributed by atoms with E-state index in [1.54, 1.807) is 4.68 Å². The molecule has 0 aliphatic heterocycles. The van der Waals surface area contributed by atoms with Crippen molar-refractivity contribution in [2.75, 3.05) is 13.1 Å². The highest BCUT2D eigenvalue weighted by atomic mass is 16.2. The Labute approximate surface area is 142 Å². The highest BCUT2D eigenvalue weighted by Crippen LogP contribution is 2.22. The van der Waals surface area contributed by atoms with Crippen LogP contribution < -0.4 is 0 Å². The standard InChI is InChI=1S/C20H21N3O/c1-3-22(4-2)20(24)19-15-18(16-11-7-5-8-12-16)21-23(19)17-13-9-6-10-14-17/h5-15H,3-4H2,1-2H3. The normalized spacial score (nSPS) is 10.6. The number of hydrogen-bond acceptors (Lipinski definition) is 2. The lowest BCUT2D eigenvalue weighted by Crippen LogP contribution is -2.32. The van der Waals surface area contributed by atoms with Crippen molar-refractivity contribution in [3.8, 4) is 16.9 Å². The first-order chi connectivity index (χ1) is 11.7. The zero-order valence-electron chi connectivity index (χ0n) is 14.0. The summed E-state index contributed by atoms with van der Waals surface area (Å²) in [7, 11) is 0. The Morgan fingerprint density at radius 1 is 0.958 bits per heavy atom. The summed E-state index contributed by atoms with van der Waals surface area (Å²) < 4.78 is 1.74. The van der Waals surface area contributed by atoms with Gasteiger partial charge in [-0.1, -0.05) is 48.5 Å². The molecule has 0 N–H and O–H groups in total. The van der Waals surface area contributed by atoms with Crippen LogP contribution in [0.4, 0.5) is 0 Å². The van der Waals surface area contributed by atoms with Gasteiger partial charge >= 0.3 is 0 Å². The number of amides is 1. The Morgan fingerprint density at radius 2 is 1.54 bits per heavy atom. The Balaban J connectivity index is 2.12. The third kappa shape index (κ3) is 3.08. The second-order valence-corrected chi connectivity index (χ2v) is 5.51. The molecule has 0 saturated carbocycles. The molecule has 0 aliphatic carbocycles. The van der Waals surface area contributed by atoms with Crippen LogP contribution in [0, 0.1) is 0 Å². The smallest absolute Gasteiger partial charge is 0.272 e. The van der Waals surface area contributed by atoms with Crippen LogP contribution in [0.1, 0.15) is 24.3 Å². The van der Waals surface area contributed by atoms with Crippen LogP contribution in [0.2, 0.25) is 0 Å². The van der Waals surface area contributed by atoms with Gasteiger partial charge < -0.3 is 4.90 Å². The predicted octanol–water partition coefficient (Wildman–Crippen LogP) is 4.02. The largest absolute Gasteiger partial charge is 0.338 e. The summed E-state index contributed by atoms with van der Waals surface area (Å²) >= 11 is 0. The van der Waals surface area contributed by atoms with Crippen molar-refractivity contribution in [3.63, 3.8) is 0 Å². The molecule has 0 aliphatic rings. The molecule has 1 aromatic heterocycles. The molecule has 4 nitrogen and oxygen atoms in total. The van der Waals surface area contributed by atoms with Crippen LogP contribution >= 0.6 is 0 Å². The Bertz CT molecular complexity index is 805. The van der Waals surface area contributed by atoms with Gasteiger partial charge in [-0.2, -0.15) is 5.10 Å². The highest BCUT2D eigenvalue weighted by Gasteiger charge is 2.21. The molecular formula is C20H21N3O. The zero-order valence-corrected chi connectivity index (χ0v) is 14.0. The summed E-state index contributed by atoms with van der Waals surface area (Å²) in [6.45, 7) is 5.33. The summed E-state index contributed by atoms with van der Waals surface area (Å²) in [6.07, 6.45) is 0. The highest BCUT2D eigenvalue weighted by molar-refractivity contribution is 5.94. The van der Waals surface area contributed by atoms with Crippen molar-refractivity contribution < 1.29 is 4.79 Å². The molecule has 3 aromatic rings. The van der Waals surface area contributed by atoms with E-state index in [0.717, 1.165) is 16.9 Å². The van der Waals surface area contributed by atoms with Gasteiger partial charge in [0, 0.05) is 18.7 Å². The molecular weight excluding hydrogens is 298 g/mol. The van der Waals surface area contributed by atoms with Gasteiger partial charge in [0.1, 0.15) is 5.69 Å². The second-order valence-electron chi connectivity index (χ2n) is 5.51. The van der Waals surface area contributed by atoms with E-state index in [1.165, 1.54) is 0 Å². The number of hydrogen-bond donors (Lipinski definition) is 0. The molecule has 1 heterocycles. The first kappa shape index (κ1) is 16.0. The SMILES string of the molecule is CCN(CC)C(=O)c1cc(-c2ccccc2)nn1-c1ccccc1. The molecule has 122 valence electrons. The molecule has 1 amide bonds. The van der Waals surface area contributed by atoms with Crippen LogP contribution in [0.25, 0.3) is 16.9 Å². The summed E-state index contributed by atoms with van der Waals surface area (Å²) in [4.78, 5) is 14.7. The van der Waals surface area contributed by atoms with Gasteiger partial charge in [0.25, 0.3) is 5.91 Å². The Morgan fingerprint density at radius 3 is 2.12 bits per heavy atom. The van der Waals surface area contributed by atoms with E-state index < -0.39 is 0 Å². The van der Waals surface area contributed by atoms with E-state index in [2.05, 4.69) is 0 Å². The van der Waals surface area contributed by atoms with Crippen molar-refractivity contribution in [3.05, 3.63) is 72.4 Å². The number of nitrogens with zero attached hydrogens (tertiary/aromatic N) is 3. The Kier molecular flexibility index (Phi) is 4.75. The second kappa shape index (κ2) is 7.13. The van der Waals surface area contributed by atoms with E-state index in [0.29, 0.717) is 18.8 Å². The molecule has 0 saturated heterocycles. The monoisotopic (exact) mass is 319 g/mol. The predicted molar refractivity (Wildman–Crippen MR) is 96.3 cm³/mol. The molecule has 0 bridgehead atoms. The maximum absolute atomic E-state index is 12.9. The fraction of sp³-hybridized carbons (Fsp3) is 0.200. The molecule has 0 atom stereocenters.